The Hall–Kier alpha value is -3.36. The summed E-state index contributed by atoms with van der Waals surface area (Å²) in [6, 6.07) is 7.65. The quantitative estimate of drug-likeness (QED) is 0.658. The van der Waals surface area contributed by atoms with E-state index in [0.717, 1.165) is 18.2 Å². The molecule has 0 aromatic heterocycles. The first-order chi connectivity index (χ1) is 12.0. The van der Waals surface area contributed by atoms with E-state index in [4.69, 9.17) is 14.2 Å². The maximum atomic E-state index is 13.2. The molecule has 25 heavy (non-hydrogen) atoms. The normalized spacial score (nSPS) is 12.4. The highest BCUT2D eigenvalue weighted by atomic mass is 19.1. The number of fused-ring (bicyclic) bond motifs is 1. The van der Waals surface area contributed by atoms with Crippen LogP contribution in [0.5, 0.6) is 17.2 Å². The molecule has 0 saturated carbocycles. The van der Waals surface area contributed by atoms with Crippen molar-refractivity contribution in [2.75, 3.05) is 25.1 Å². The topological polar surface area (TPSA) is 99.9 Å². The van der Waals surface area contributed by atoms with Crippen LogP contribution in [0.4, 0.5) is 15.8 Å². The molecule has 0 atom stereocenters. The molecule has 3 rings (SSSR count). The number of nitrogens with one attached hydrogen (secondary N) is 1. The number of amides is 1. The summed E-state index contributed by atoms with van der Waals surface area (Å²) in [5.41, 5.74) is 0.0279. The van der Waals surface area contributed by atoms with Crippen LogP contribution in [0.3, 0.4) is 0 Å². The number of benzene rings is 2. The van der Waals surface area contributed by atoms with Gasteiger partial charge >= 0.3 is 5.69 Å². The predicted octanol–water partition coefficient (Wildman–Crippen LogP) is 2.52. The number of nitrogens with zero attached hydrogens (tertiary/aromatic N) is 1. The lowest BCUT2D eigenvalue weighted by Gasteiger charge is -2.19. The van der Waals surface area contributed by atoms with Crippen molar-refractivity contribution >= 4 is 17.3 Å². The maximum absolute atomic E-state index is 13.2. The van der Waals surface area contributed by atoms with Crippen LogP contribution in [-0.2, 0) is 4.79 Å². The van der Waals surface area contributed by atoms with E-state index in [2.05, 4.69) is 5.32 Å². The lowest BCUT2D eigenvalue weighted by Crippen LogP contribution is -2.21. The highest BCUT2D eigenvalue weighted by molar-refractivity contribution is 5.92. The van der Waals surface area contributed by atoms with E-state index in [9.17, 15) is 19.3 Å². The van der Waals surface area contributed by atoms with E-state index in [0.29, 0.717) is 30.4 Å². The van der Waals surface area contributed by atoms with Crippen LogP contribution in [0.2, 0.25) is 0 Å². The number of anilines is 1. The van der Waals surface area contributed by atoms with Crippen LogP contribution in [0.25, 0.3) is 0 Å². The number of halogens is 1. The number of hydrogen-bond acceptors (Lipinski definition) is 6. The first kappa shape index (κ1) is 16.5. The summed E-state index contributed by atoms with van der Waals surface area (Å²) in [6.07, 6.45) is 0. The number of carbonyl (C=O) groups is 1. The Balaban J connectivity index is 1.64. The van der Waals surface area contributed by atoms with Crippen molar-refractivity contribution in [1.29, 1.82) is 0 Å². The summed E-state index contributed by atoms with van der Waals surface area (Å²) in [5.74, 6) is -0.493. The number of nitro groups is 1. The Morgan fingerprint density at radius 3 is 2.72 bits per heavy atom. The van der Waals surface area contributed by atoms with Gasteiger partial charge in [-0.3, -0.25) is 14.9 Å². The van der Waals surface area contributed by atoms with Gasteiger partial charge in [0.05, 0.1) is 4.92 Å². The molecule has 0 aliphatic carbocycles. The third-order valence-corrected chi connectivity index (χ3v) is 3.30. The van der Waals surface area contributed by atoms with Crippen LogP contribution in [-0.4, -0.2) is 30.7 Å². The lowest BCUT2D eigenvalue weighted by atomic mass is 10.2. The van der Waals surface area contributed by atoms with E-state index < -0.39 is 28.9 Å². The zero-order valence-corrected chi connectivity index (χ0v) is 12.9. The molecule has 0 saturated heterocycles. The van der Waals surface area contributed by atoms with E-state index in [1.807, 2.05) is 0 Å². The maximum Gasteiger partial charge on any atom is 0.311 e. The number of hydrogen-bond donors (Lipinski definition) is 1. The van der Waals surface area contributed by atoms with Crippen LogP contribution in [0.15, 0.2) is 36.4 Å². The van der Waals surface area contributed by atoms with Crippen molar-refractivity contribution in [3.63, 3.8) is 0 Å². The lowest BCUT2D eigenvalue weighted by molar-refractivity contribution is -0.385. The van der Waals surface area contributed by atoms with Crippen molar-refractivity contribution in [1.82, 2.24) is 0 Å². The Labute approximate surface area is 141 Å². The number of nitro benzene ring substituents is 1. The SMILES string of the molecule is O=C(COc1cc(F)ccc1[N+](=O)[O-])Nc1ccc2c(c1)OCCO2. The summed E-state index contributed by atoms with van der Waals surface area (Å²) in [5, 5.41) is 13.4. The van der Waals surface area contributed by atoms with Crippen molar-refractivity contribution in [3.05, 3.63) is 52.3 Å². The fourth-order valence-corrected chi connectivity index (χ4v) is 2.22. The predicted molar refractivity (Wildman–Crippen MR) is 84.6 cm³/mol. The van der Waals surface area contributed by atoms with Crippen molar-refractivity contribution in [2.24, 2.45) is 0 Å². The van der Waals surface area contributed by atoms with Crippen molar-refractivity contribution in [3.8, 4) is 17.2 Å². The third kappa shape index (κ3) is 3.94. The van der Waals surface area contributed by atoms with Gasteiger partial charge in [0.2, 0.25) is 5.75 Å². The Morgan fingerprint density at radius 1 is 1.20 bits per heavy atom. The van der Waals surface area contributed by atoms with Gasteiger partial charge in [-0.25, -0.2) is 4.39 Å². The fourth-order valence-electron chi connectivity index (χ4n) is 2.22. The molecule has 0 unspecified atom stereocenters. The summed E-state index contributed by atoms with van der Waals surface area (Å²) in [4.78, 5) is 22.1. The van der Waals surface area contributed by atoms with Crippen LogP contribution in [0, 0.1) is 15.9 Å². The van der Waals surface area contributed by atoms with Gasteiger partial charge in [-0.2, -0.15) is 0 Å². The zero-order chi connectivity index (χ0) is 17.8. The van der Waals surface area contributed by atoms with Gasteiger partial charge in [0.15, 0.2) is 18.1 Å². The first-order valence-electron chi connectivity index (χ1n) is 7.29. The van der Waals surface area contributed by atoms with E-state index in [-0.39, 0.29) is 5.75 Å². The molecule has 0 radical (unpaired) electrons. The van der Waals surface area contributed by atoms with Gasteiger partial charge in [0, 0.05) is 23.9 Å². The van der Waals surface area contributed by atoms with Gasteiger partial charge in [-0.15, -0.1) is 0 Å². The molecule has 1 heterocycles. The molecule has 0 bridgehead atoms. The number of carbonyl (C=O) groups excluding carboxylic acids is 1. The molecule has 1 amide bonds. The van der Waals surface area contributed by atoms with E-state index in [1.54, 1.807) is 18.2 Å². The van der Waals surface area contributed by atoms with Crippen molar-refractivity contribution in [2.45, 2.75) is 0 Å². The van der Waals surface area contributed by atoms with Crippen LogP contribution in [0.1, 0.15) is 0 Å². The molecule has 1 aliphatic rings. The average Bonchev–Trinajstić information content (AvgIpc) is 2.59. The Morgan fingerprint density at radius 2 is 1.96 bits per heavy atom. The standard InChI is InChI=1S/C16H13FN2O6/c17-10-1-3-12(19(21)22)14(7-10)25-9-16(20)18-11-2-4-13-15(8-11)24-6-5-23-13/h1-4,7-8H,5-6,9H2,(H,18,20). The molecule has 1 N–H and O–H groups in total. The monoisotopic (exact) mass is 348 g/mol. The van der Waals surface area contributed by atoms with Gasteiger partial charge in [0.25, 0.3) is 5.91 Å². The minimum Gasteiger partial charge on any atom is -0.486 e. The molecule has 2 aromatic carbocycles. The van der Waals surface area contributed by atoms with Gasteiger partial charge in [-0.1, -0.05) is 0 Å². The molecule has 2 aromatic rings. The molecule has 1 aliphatic heterocycles. The summed E-state index contributed by atoms with van der Waals surface area (Å²) in [7, 11) is 0. The molecule has 8 nitrogen and oxygen atoms in total. The minimum atomic E-state index is -0.715. The number of rotatable bonds is 5. The molecule has 0 spiro atoms. The third-order valence-electron chi connectivity index (χ3n) is 3.30. The first-order valence-corrected chi connectivity index (χ1v) is 7.29. The Bertz CT molecular complexity index is 826. The van der Waals surface area contributed by atoms with Crippen LogP contribution >= 0.6 is 0 Å². The zero-order valence-electron chi connectivity index (χ0n) is 12.9. The molecular weight excluding hydrogens is 335 g/mol. The summed E-state index contributed by atoms with van der Waals surface area (Å²) >= 11 is 0. The van der Waals surface area contributed by atoms with Gasteiger partial charge in [0.1, 0.15) is 19.0 Å². The number of ether oxygens (including phenoxy) is 3. The van der Waals surface area contributed by atoms with Crippen LogP contribution < -0.4 is 19.5 Å². The summed E-state index contributed by atoms with van der Waals surface area (Å²) in [6.45, 7) is 0.356. The second kappa shape index (κ2) is 7.04. The molecular formula is C16H13FN2O6. The molecule has 0 fully saturated rings. The Kier molecular flexibility index (Phi) is 4.64. The highest BCUT2D eigenvalue weighted by Gasteiger charge is 2.18. The largest absolute Gasteiger partial charge is 0.486 e. The molecule has 9 heteroatoms. The van der Waals surface area contributed by atoms with Crippen molar-refractivity contribution < 1.29 is 28.3 Å². The second-order valence-corrected chi connectivity index (χ2v) is 5.06. The highest BCUT2D eigenvalue weighted by Crippen LogP contribution is 2.32. The van der Waals surface area contributed by atoms with E-state index >= 15 is 0 Å². The van der Waals surface area contributed by atoms with E-state index in [1.165, 1.54) is 0 Å². The summed E-state index contributed by atoms with van der Waals surface area (Å²) < 4.78 is 29.1. The molecule has 130 valence electrons. The average molecular weight is 348 g/mol. The smallest absolute Gasteiger partial charge is 0.311 e. The minimum absolute atomic E-state index is 0.317. The van der Waals surface area contributed by atoms with Gasteiger partial charge in [-0.05, 0) is 18.2 Å². The van der Waals surface area contributed by atoms with Gasteiger partial charge < -0.3 is 19.5 Å². The fraction of sp³-hybridized carbons (Fsp3) is 0.188. The second-order valence-electron chi connectivity index (χ2n) is 5.06.